The first kappa shape index (κ1) is 14.5. The molecule has 2 atom stereocenters. The predicted molar refractivity (Wildman–Crippen MR) is 79.1 cm³/mol. The molecule has 0 aliphatic rings. The minimum absolute atomic E-state index is 0.179. The summed E-state index contributed by atoms with van der Waals surface area (Å²) >= 11 is 6.20. The zero-order valence-electron chi connectivity index (χ0n) is 11.7. The Morgan fingerprint density at radius 2 is 2.16 bits per heavy atom. The minimum atomic E-state index is -0.797. The summed E-state index contributed by atoms with van der Waals surface area (Å²) in [5, 5.41) is 4.19. The summed E-state index contributed by atoms with van der Waals surface area (Å²) < 4.78 is 15.5. The maximum absolute atomic E-state index is 11.6. The fraction of sp³-hybridized carbons (Fsp3) is 0.667. The van der Waals surface area contributed by atoms with E-state index in [0.29, 0.717) is 18.1 Å². The average molecular weight is 303 g/mol. The third-order valence-electron chi connectivity index (χ3n) is 3.14. The molecular formula is C12H19ClN4OS. The van der Waals surface area contributed by atoms with Crippen molar-refractivity contribution in [2.75, 3.05) is 11.5 Å². The van der Waals surface area contributed by atoms with Crippen LogP contribution in [0.15, 0.2) is 0 Å². The molecule has 0 fully saturated rings. The second kappa shape index (κ2) is 5.63. The van der Waals surface area contributed by atoms with Crippen LogP contribution in [-0.4, -0.2) is 35.0 Å². The average Bonchev–Trinajstić information content (AvgIpc) is 2.86. The van der Waals surface area contributed by atoms with Crippen LogP contribution in [0.2, 0.25) is 0 Å². The quantitative estimate of drug-likeness (QED) is 0.795. The Labute approximate surface area is 120 Å². The standard InChI is InChI=1S/C12H19ClN4OS/c1-5-19(18)7-6-17-11(8(2)13)14-10-9(3)15-16(4)12(10)17/h8H,5-7H2,1-4H3. The summed E-state index contributed by atoms with van der Waals surface area (Å²) in [6.45, 7) is 6.42. The largest absolute Gasteiger partial charge is 0.311 e. The number of nitrogens with zero attached hydrogens (tertiary/aromatic N) is 4. The molecular weight excluding hydrogens is 284 g/mol. The highest BCUT2D eigenvalue weighted by Gasteiger charge is 2.20. The first-order valence-corrected chi connectivity index (χ1v) is 8.26. The van der Waals surface area contributed by atoms with Crippen LogP contribution in [0.4, 0.5) is 0 Å². The van der Waals surface area contributed by atoms with Crippen LogP contribution in [0.3, 0.4) is 0 Å². The van der Waals surface area contributed by atoms with Gasteiger partial charge in [-0.25, -0.2) is 4.98 Å². The van der Waals surface area contributed by atoms with Crippen molar-refractivity contribution in [3.8, 4) is 0 Å². The lowest BCUT2D eigenvalue weighted by Crippen LogP contribution is -2.13. The van der Waals surface area contributed by atoms with Gasteiger partial charge in [0.25, 0.3) is 0 Å². The number of fused-ring (bicyclic) bond motifs is 1. The van der Waals surface area contributed by atoms with Gasteiger partial charge in [0.1, 0.15) is 11.3 Å². The monoisotopic (exact) mass is 302 g/mol. The van der Waals surface area contributed by atoms with Crippen LogP contribution in [0.1, 0.15) is 30.7 Å². The maximum atomic E-state index is 11.6. The molecule has 0 N–H and O–H groups in total. The maximum Gasteiger partial charge on any atom is 0.158 e. The van der Waals surface area contributed by atoms with E-state index >= 15 is 0 Å². The van der Waals surface area contributed by atoms with Crippen LogP contribution in [0, 0.1) is 6.92 Å². The van der Waals surface area contributed by atoms with E-state index in [1.54, 1.807) is 0 Å². The van der Waals surface area contributed by atoms with Gasteiger partial charge in [0, 0.05) is 35.9 Å². The van der Waals surface area contributed by atoms with Crippen molar-refractivity contribution in [3.05, 3.63) is 11.5 Å². The molecule has 2 aromatic rings. The molecule has 0 spiro atoms. The Morgan fingerprint density at radius 3 is 2.74 bits per heavy atom. The lowest BCUT2D eigenvalue weighted by molar-refractivity contribution is 0.655. The smallest absolute Gasteiger partial charge is 0.158 e. The van der Waals surface area contributed by atoms with E-state index in [1.807, 2.05) is 37.1 Å². The van der Waals surface area contributed by atoms with Crippen LogP contribution < -0.4 is 0 Å². The van der Waals surface area contributed by atoms with E-state index in [0.717, 1.165) is 22.7 Å². The number of halogens is 1. The van der Waals surface area contributed by atoms with Crippen molar-refractivity contribution in [2.45, 2.75) is 32.7 Å². The fourth-order valence-corrected chi connectivity index (χ4v) is 3.05. The number of alkyl halides is 1. The Bertz CT molecular complexity index is 617. The van der Waals surface area contributed by atoms with Gasteiger partial charge in [0.2, 0.25) is 0 Å². The van der Waals surface area contributed by atoms with Crippen LogP contribution in [0.5, 0.6) is 0 Å². The summed E-state index contributed by atoms with van der Waals surface area (Å²) in [6.07, 6.45) is 0. The van der Waals surface area contributed by atoms with Gasteiger partial charge in [-0.15, -0.1) is 11.6 Å². The number of hydrogen-bond donors (Lipinski definition) is 0. The number of imidazole rings is 1. The van der Waals surface area contributed by atoms with E-state index in [9.17, 15) is 4.21 Å². The SMILES string of the molecule is CCS(=O)CCn1c(C(C)Cl)nc2c(C)nn(C)c21. The molecule has 2 aromatic heterocycles. The summed E-state index contributed by atoms with van der Waals surface area (Å²) in [7, 11) is 1.10. The Hall–Kier alpha value is -0.880. The van der Waals surface area contributed by atoms with E-state index in [-0.39, 0.29) is 5.38 Å². The summed E-state index contributed by atoms with van der Waals surface area (Å²) in [5.74, 6) is 2.11. The molecule has 2 rings (SSSR count). The molecule has 0 bridgehead atoms. The molecule has 0 aliphatic heterocycles. The lowest BCUT2D eigenvalue weighted by atomic mass is 10.4. The minimum Gasteiger partial charge on any atom is -0.311 e. The van der Waals surface area contributed by atoms with Crippen LogP contribution in [0.25, 0.3) is 11.2 Å². The van der Waals surface area contributed by atoms with Gasteiger partial charge in [-0.05, 0) is 13.8 Å². The highest BCUT2D eigenvalue weighted by atomic mass is 35.5. The van der Waals surface area contributed by atoms with Crippen molar-refractivity contribution in [2.24, 2.45) is 7.05 Å². The van der Waals surface area contributed by atoms with Gasteiger partial charge in [-0.3, -0.25) is 8.89 Å². The lowest BCUT2D eigenvalue weighted by Gasteiger charge is -2.10. The second-order valence-corrected chi connectivity index (χ2v) is 7.07. The van der Waals surface area contributed by atoms with Gasteiger partial charge in [-0.2, -0.15) is 5.10 Å². The molecule has 0 aromatic carbocycles. The highest BCUT2D eigenvalue weighted by Crippen LogP contribution is 2.25. The molecule has 2 unspecified atom stereocenters. The molecule has 0 amide bonds. The zero-order valence-corrected chi connectivity index (χ0v) is 13.3. The molecule has 0 aliphatic carbocycles. The molecule has 0 radical (unpaired) electrons. The van der Waals surface area contributed by atoms with Gasteiger partial charge in [-0.1, -0.05) is 6.92 Å². The third-order valence-corrected chi connectivity index (χ3v) is 4.62. The molecule has 7 heteroatoms. The van der Waals surface area contributed by atoms with Gasteiger partial charge >= 0.3 is 0 Å². The molecule has 19 heavy (non-hydrogen) atoms. The number of rotatable bonds is 5. The number of hydrogen-bond acceptors (Lipinski definition) is 3. The van der Waals surface area contributed by atoms with Crippen molar-refractivity contribution >= 4 is 33.6 Å². The van der Waals surface area contributed by atoms with Gasteiger partial charge < -0.3 is 4.57 Å². The van der Waals surface area contributed by atoms with E-state index in [4.69, 9.17) is 11.6 Å². The molecule has 0 saturated heterocycles. The van der Waals surface area contributed by atoms with Gasteiger partial charge in [0.05, 0.1) is 11.1 Å². The normalized spacial score (nSPS) is 15.0. The van der Waals surface area contributed by atoms with Crippen molar-refractivity contribution < 1.29 is 4.21 Å². The first-order valence-electron chi connectivity index (χ1n) is 6.34. The molecule has 5 nitrogen and oxygen atoms in total. The Morgan fingerprint density at radius 1 is 1.47 bits per heavy atom. The van der Waals surface area contributed by atoms with Crippen LogP contribution >= 0.6 is 11.6 Å². The molecule has 2 heterocycles. The van der Waals surface area contributed by atoms with Crippen molar-refractivity contribution in [1.82, 2.24) is 19.3 Å². The number of aryl methyl sites for hydroxylation is 3. The molecule has 106 valence electrons. The predicted octanol–water partition coefficient (Wildman–Crippen LogP) is 2.15. The first-order chi connectivity index (χ1) is 8.95. The summed E-state index contributed by atoms with van der Waals surface area (Å²) in [4.78, 5) is 4.59. The fourth-order valence-electron chi connectivity index (χ4n) is 2.21. The zero-order chi connectivity index (χ0) is 14.2. The van der Waals surface area contributed by atoms with Crippen molar-refractivity contribution in [3.63, 3.8) is 0 Å². The second-order valence-electron chi connectivity index (χ2n) is 4.55. The summed E-state index contributed by atoms with van der Waals surface area (Å²) in [5.41, 5.74) is 2.73. The van der Waals surface area contributed by atoms with Crippen LogP contribution in [-0.2, 0) is 24.4 Å². The van der Waals surface area contributed by atoms with E-state index in [1.165, 1.54) is 0 Å². The third kappa shape index (κ3) is 2.69. The van der Waals surface area contributed by atoms with E-state index in [2.05, 4.69) is 10.1 Å². The van der Waals surface area contributed by atoms with Crippen molar-refractivity contribution in [1.29, 1.82) is 0 Å². The van der Waals surface area contributed by atoms with E-state index < -0.39 is 10.8 Å². The number of aromatic nitrogens is 4. The Kier molecular flexibility index (Phi) is 4.30. The topological polar surface area (TPSA) is 52.7 Å². The Balaban J connectivity index is 2.48. The van der Waals surface area contributed by atoms with Gasteiger partial charge in [0.15, 0.2) is 5.65 Å². The molecule has 0 saturated carbocycles. The highest BCUT2D eigenvalue weighted by molar-refractivity contribution is 7.84. The summed E-state index contributed by atoms with van der Waals surface area (Å²) in [6, 6.07) is 0.